The van der Waals surface area contributed by atoms with E-state index in [9.17, 15) is 14.0 Å². The van der Waals surface area contributed by atoms with Crippen molar-refractivity contribution in [1.29, 1.82) is 0 Å². The van der Waals surface area contributed by atoms with E-state index in [1.807, 2.05) is 6.92 Å². The first-order valence-electron chi connectivity index (χ1n) is 5.87. The normalized spacial score (nSPS) is 10.3. The third-order valence-corrected chi connectivity index (χ3v) is 3.30. The van der Waals surface area contributed by atoms with E-state index >= 15 is 0 Å². The van der Waals surface area contributed by atoms with Crippen molar-refractivity contribution in [2.24, 2.45) is 0 Å². The van der Waals surface area contributed by atoms with Crippen molar-refractivity contribution in [3.8, 4) is 0 Å². The highest BCUT2D eigenvalue weighted by Crippen LogP contribution is 2.19. The van der Waals surface area contributed by atoms with Crippen molar-refractivity contribution < 1.29 is 19.1 Å². The molecule has 1 amide bonds. The molecule has 0 radical (unpaired) electrons. The van der Waals surface area contributed by atoms with Crippen LogP contribution >= 0.6 is 15.9 Å². The molecule has 0 aliphatic rings. The van der Waals surface area contributed by atoms with E-state index in [-0.39, 0.29) is 18.9 Å². The molecule has 0 aliphatic heterocycles. The number of carboxylic acid groups (broad SMARTS) is 1. The van der Waals surface area contributed by atoms with Crippen molar-refractivity contribution in [3.05, 3.63) is 34.1 Å². The van der Waals surface area contributed by atoms with Crippen LogP contribution in [0.2, 0.25) is 0 Å². The molecule has 1 aromatic rings. The Morgan fingerprint density at radius 3 is 2.68 bits per heavy atom. The number of carbonyl (C=O) groups is 2. The van der Waals surface area contributed by atoms with E-state index in [0.29, 0.717) is 23.0 Å². The van der Waals surface area contributed by atoms with E-state index in [1.54, 1.807) is 0 Å². The number of rotatable bonds is 6. The van der Waals surface area contributed by atoms with Crippen molar-refractivity contribution in [2.45, 2.75) is 19.8 Å². The Labute approximate surface area is 119 Å². The molecule has 104 valence electrons. The molecule has 1 aromatic carbocycles. The Hall–Kier alpha value is -1.43. The number of hydrogen-bond acceptors (Lipinski definition) is 2. The van der Waals surface area contributed by atoms with Crippen LogP contribution < -0.4 is 0 Å². The largest absolute Gasteiger partial charge is 0.480 e. The molecule has 0 bridgehead atoms. The molecule has 1 rings (SSSR count). The van der Waals surface area contributed by atoms with Crippen LogP contribution in [0.4, 0.5) is 4.39 Å². The van der Waals surface area contributed by atoms with Gasteiger partial charge < -0.3 is 10.0 Å². The minimum Gasteiger partial charge on any atom is -0.480 e. The minimum absolute atomic E-state index is 0.0222. The lowest BCUT2D eigenvalue weighted by Gasteiger charge is -2.20. The fourth-order valence-corrected chi connectivity index (χ4v) is 2.07. The van der Waals surface area contributed by atoms with Gasteiger partial charge in [-0.15, -0.1) is 0 Å². The summed E-state index contributed by atoms with van der Waals surface area (Å²) in [5.41, 5.74) is 0.511. The summed E-state index contributed by atoms with van der Waals surface area (Å²) in [6, 6.07) is 4.09. The summed E-state index contributed by atoms with van der Waals surface area (Å²) < 4.78 is 13.8. The van der Waals surface area contributed by atoms with Gasteiger partial charge >= 0.3 is 5.97 Å². The number of nitrogens with zero attached hydrogens (tertiary/aromatic N) is 1. The van der Waals surface area contributed by atoms with Crippen molar-refractivity contribution in [1.82, 2.24) is 4.90 Å². The standard InChI is InChI=1S/C13H15BrFNO3/c1-2-5-16(8-13(18)19)12(17)7-9-6-10(15)3-4-11(9)14/h3-4,6H,2,5,7-8H2,1H3,(H,18,19). The van der Waals surface area contributed by atoms with Crippen LogP contribution in [-0.4, -0.2) is 35.0 Å². The summed E-state index contributed by atoms with van der Waals surface area (Å²) >= 11 is 3.24. The molecule has 0 aromatic heterocycles. The highest BCUT2D eigenvalue weighted by atomic mass is 79.9. The van der Waals surface area contributed by atoms with Gasteiger partial charge in [-0.1, -0.05) is 22.9 Å². The first kappa shape index (κ1) is 15.6. The third-order valence-electron chi connectivity index (χ3n) is 2.52. The smallest absolute Gasteiger partial charge is 0.323 e. The summed E-state index contributed by atoms with van der Waals surface area (Å²) in [7, 11) is 0. The monoisotopic (exact) mass is 331 g/mol. The molecular formula is C13H15BrFNO3. The van der Waals surface area contributed by atoms with Crippen LogP contribution in [0.15, 0.2) is 22.7 Å². The maximum Gasteiger partial charge on any atom is 0.323 e. The van der Waals surface area contributed by atoms with Gasteiger partial charge in [0.15, 0.2) is 0 Å². The van der Waals surface area contributed by atoms with E-state index in [0.717, 1.165) is 0 Å². The lowest BCUT2D eigenvalue weighted by molar-refractivity contribution is -0.144. The van der Waals surface area contributed by atoms with Crippen molar-refractivity contribution in [2.75, 3.05) is 13.1 Å². The molecule has 0 saturated carbocycles. The van der Waals surface area contributed by atoms with E-state index in [2.05, 4.69) is 15.9 Å². The number of amides is 1. The van der Waals surface area contributed by atoms with Crippen LogP contribution in [0.25, 0.3) is 0 Å². The van der Waals surface area contributed by atoms with E-state index in [4.69, 9.17) is 5.11 Å². The van der Waals surface area contributed by atoms with Gasteiger partial charge in [0.05, 0.1) is 6.42 Å². The number of carbonyl (C=O) groups excluding carboxylic acids is 1. The van der Waals surface area contributed by atoms with Gasteiger partial charge in [-0.3, -0.25) is 9.59 Å². The summed E-state index contributed by atoms with van der Waals surface area (Å²) in [6.07, 6.45) is 0.648. The fraction of sp³-hybridized carbons (Fsp3) is 0.385. The maximum atomic E-state index is 13.1. The average molecular weight is 332 g/mol. The predicted octanol–water partition coefficient (Wildman–Crippen LogP) is 2.45. The lowest BCUT2D eigenvalue weighted by atomic mass is 10.1. The second-order valence-corrected chi connectivity index (χ2v) is 4.98. The quantitative estimate of drug-likeness (QED) is 0.871. The number of halogens is 2. The van der Waals surface area contributed by atoms with Gasteiger partial charge in [0.2, 0.25) is 5.91 Å². The number of hydrogen-bond donors (Lipinski definition) is 1. The predicted molar refractivity (Wildman–Crippen MR) is 72.3 cm³/mol. The zero-order chi connectivity index (χ0) is 14.4. The fourth-order valence-electron chi connectivity index (χ4n) is 1.68. The van der Waals surface area contributed by atoms with E-state index in [1.165, 1.54) is 23.1 Å². The number of carboxylic acids is 1. The van der Waals surface area contributed by atoms with Gasteiger partial charge in [0.25, 0.3) is 0 Å². The van der Waals surface area contributed by atoms with E-state index < -0.39 is 11.8 Å². The Morgan fingerprint density at radius 1 is 1.42 bits per heavy atom. The first-order valence-corrected chi connectivity index (χ1v) is 6.66. The molecule has 0 aliphatic carbocycles. The summed E-state index contributed by atoms with van der Waals surface area (Å²) in [5.74, 6) is -1.80. The maximum absolute atomic E-state index is 13.1. The Bertz CT molecular complexity index is 479. The average Bonchev–Trinajstić information content (AvgIpc) is 2.32. The van der Waals surface area contributed by atoms with Crippen LogP contribution in [-0.2, 0) is 16.0 Å². The van der Waals surface area contributed by atoms with Crippen molar-refractivity contribution in [3.63, 3.8) is 0 Å². The molecule has 4 nitrogen and oxygen atoms in total. The molecule has 0 heterocycles. The summed E-state index contributed by atoms with van der Waals surface area (Å²) in [6.45, 7) is 1.90. The Morgan fingerprint density at radius 2 is 2.11 bits per heavy atom. The summed E-state index contributed by atoms with van der Waals surface area (Å²) in [5, 5.41) is 8.76. The van der Waals surface area contributed by atoms with Crippen LogP contribution in [0.5, 0.6) is 0 Å². The second-order valence-electron chi connectivity index (χ2n) is 4.12. The molecular weight excluding hydrogens is 317 g/mol. The van der Waals surface area contributed by atoms with Crippen LogP contribution in [0.3, 0.4) is 0 Å². The SMILES string of the molecule is CCCN(CC(=O)O)C(=O)Cc1cc(F)ccc1Br. The van der Waals surface area contributed by atoms with Crippen molar-refractivity contribution >= 4 is 27.8 Å². The first-order chi connectivity index (χ1) is 8.93. The Kier molecular flexibility index (Phi) is 5.95. The van der Waals surface area contributed by atoms with Gasteiger partial charge in [-0.2, -0.15) is 0 Å². The van der Waals surface area contributed by atoms with Crippen LogP contribution in [0, 0.1) is 5.82 Å². The molecule has 6 heteroatoms. The highest BCUT2D eigenvalue weighted by Gasteiger charge is 2.17. The summed E-state index contributed by atoms with van der Waals surface area (Å²) in [4.78, 5) is 24.0. The number of aliphatic carboxylic acids is 1. The zero-order valence-corrected chi connectivity index (χ0v) is 12.1. The van der Waals surface area contributed by atoms with Gasteiger partial charge in [0, 0.05) is 11.0 Å². The van der Waals surface area contributed by atoms with Gasteiger partial charge in [0.1, 0.15) is 12.4 Å². The molecule has 0 fully saturated rings. The molecule has 1 N–H and O–H groups in total. The molecule has 0 saturated heterocycles. The third kappa shape index (κ3) is 4.98. The molecule has 0 unspecified atom stereocenters. The molecule has 0 atom stereocenters. The molecule has 0 spiro atoms. The van der Waals surface area contributed by atoms with Crippen LogP contribution in [0.1, 0.15) is 18.9 Å². The van der Waals surface area contributed by atoms with Gasteiger partial charge in [-0.25, -0.2) is 4.39 Å². The van der Waals surface area contributed by atoms with Gasteiger partial charge in [-0.05, 0) is 30.2 Å². The Balaban J connectivity index is 2.80. The number of benzene rings is 1. The molecule has 19 heavy (non-hydrogen) atoms. The topological polar surface area (TPSA) is 57.6 Å². The lowest BCUT2D eigenvalue weighted by Crippen LogP contribution is -2.37. The minimum atomic E-state index is -1.06. The second kappa shape index (κ2) is 7.23. The zero-order valence-electron chi connectivity index (χ0n) is 10.5. The highest BCUT2D eigenvalue weighted by molar-refractivity contribution is 9.10.